The van der Waals surface area contributed by atoms with E-state index < -0.39 is 6.10 Å². The third-order valence-electron chi connectivity index (χ3n) is 5.73. The summed E-state index contributed by atoms with van der Waals surface area (Å²) in [5, 5.41) is 2.84. The average molecular weight is 437 g/mol. The number of piperidine rings is 1. The maximum absolute atomic E-state index is 12.8. The molecule has 2 heterocycles. The summed E-state index contributed by atoms with van der Waals surface area (Å²) in [6, 6.07) is 11.9. The van der Waals surface area contributed by atoms with Gasteiger partial charge < -0.3 is 24.6 Å². The van der Waals surface area contributed by atoms with Crippen LogP contribution in [0.3, 0.4) is 0 Å². The molecule has 8 nitrogen and oxygen atoms in total. The maximum Gasteiger partial charge on any atom is 0.267 e. The normalized spacial score (nSPS) is 17.9. The van der Waals surface area contributed by atoms with Crippen molar-refractivity contribution in [1.29, 1.82) is 0 Å². The zero-order chi connectivity index (χ0) is 22.7. The molecule has 0 spiro atoms. The first-order valence-electron chi connectivity index (χ1n) is 10.8. The van der Waals surface area contributed by atoms with Crippen LogP contribution in [0.15, 0.2) is 42.5 Å². The van der Waals surface area contributed by atoms with Crippen LogP contribution in [0.5, 0.6) is 11.5 Å². The smallest absolute Gasteiger partial charge is 0.267 e. The van der Waals surface area contributed by atoms with E-state index in [1.54, 1.807) is 56.4 Å². The van der Waals surface area contributed by atoms with Gasteiger partial charge in [-0.3, -0.25) is 14.4 Å². The summed E-state index contributed by atoms with van der Waals surface area (Å²) in [5.74, 6) is 0.540. The average Bonchev–Trinajstić information content (AvgIpc) is 2.82. The number of hydrogen-bond donors (Lipinski definition) is 1. The van der Waals surface area contributed by atoms with E-state index >= 15 is 0 Å². The summed E-state index contributed by atoms with van der Waals surface area (Å²) >= 11 is 0. The topological polar surface area (TPSA) is 88.2 Å². The van der Waals surface area contributed by atoms with Gasteiger partial charge in [0.15, 0.2) is 12.7 Å². The van der Waals surface area contributed by atoms with E-state index in [1.165, 1.54) is 4.90 Å². The predicted molar refractivity (Wildman–Crippen MR) is 120 cm³/mol. The lowest BCUT2D eigenvalue weighted by Gasteiger charge is -2.30. The molecule has 2 aliphatic heterocycles. The molecule has 8 heteroatoms. The molecule has 2 aromatic carbocycles. The first-order valence-corrected chi connectivity index (χ1v) is 10.8. The van der Waals surface area contributed by atoms with Gasteiger partial charge >= 0.3 is 0 Å². The monoisotopic (exact) mass is 437 g/mol. The Labute approximate surface area is 187 Å². The second-order valence-electron chi connectivity index (χ2n) is 8.05. The largest absolute Gasteiger partial charge is 0.484 e. The highest BCUT2D eigenvalue weighted by atomic mass is 16.5. The van der Waals surface area contributed by atoms with Gasteiger partial charge in [0.05, 0.1) is 5.69 Å². The molecular weight excluding hydrogens is 410 g/mol. The summed E-state index contributed by atoms with van der Waals surface area (Å²) in [5.41, 5.74) is 1.54. The highest BCUT2D eigenvalue weighted by molar-refractivity contribution is 6.05. The fraction of sp³-hybridized carbons (Fsp3) is 0.375. The molecule has 0 aliphatic carbocycles. The zero-order valence-electron chi connectivity index (χ0n) is 18.3. The van der Waals surface area contributed by atoms with Crippen molar-refractivity contribution in [2.24, 2.45) is 0 Å². The fourth-order valence-electron chi connectivity index (χ4n) is 3.90. The van der Waals surface area contributed by atoms with Crippen LogP contribution in [0, 0.1) is 0 Å². The Morgan fingerprint density at radius 2 is 1.91 bits per heavy atom. The van der Waals surface area contributed by atoms with Gasteiger partial charge in [-0.25, -0.2) is 0 Å². The molecule has 2 aliphatic rings. The molecule has 1 fully saturated rings. The van der Waals surface area contributed by atoms with Gasteiger partial charge in [0.25, 0.3) is 17.7 Å². The van der Waals surface area contributed by atoms with Gasteiger partial charge in [-0.2, -0.15) is 0 Å². The van der Waals surface area contributed by atoms with Gasteiger partial charge in [-0.05, 0) is 62.6 Å². The van der Waals surface area contributed by atoms with Gasteiger partial charge in [-0.1, -0.05) is 6.07 Å². The van der Waals surface area contributed by atoms with Crippen molar-refractivity contribution in [3.8, 4) is 11.5 Å². The highest BCUT2D eigenvalue weighted by Gasteiger charge is 2.29. The Bertz CT molecular complexity index is 1030. The number of likely N-dealkylation sites (tertiary alicyclic amines) is 1. The van der Waals surface area contributed by atoms with Gasteiger partial charge in [0.2, 0.25) is 0 Å². The summed E-state index contributed by atoms with van der Waals surface area (Å²) < 4.78 is 11.3. The SMILES string of the molecule is CC1Oc2ccc(NC(=O)c3cccc(OCC(=O)N4CCCCC4)c3)cc2N(C)C1=O. The minimum Gasteiger partial charge on any atom is -0.484 e. The predicted octanol–water partition coefficient (Wildman–Crippen LogP) is 3.07. The molecule has 0 radical (unpaired) electrons. The second kappa shape index (κ2) is 9.30. The number of nitrogens with one attached hydrogen (secondary N) is 1. The second-order valence-corrected chi connectivity index (χ2v) is 8.05. The molecule has 1 unspecified atom stereocenters. The molecule has 2 aromatic rings. The number of anilines is 2. The number of benzene rings is 2. The Morgan fingerprint density at radius 1 is 1.12 bits per heavy atom. The highest BCUT2D eigenvalue weighted by Crippen LogP contribution is 2.35. The summed E-state index contributed by atoms with van der Waals surface area (Å²) in [4.78, 5) is 40.6. The standard InChI is InChI=1S/C24H27N3O5/c1-16-24(30)26(2)20-14-18(9-10-21(20)32-16)25-23(29)17-7-6-8-19(13-17)31-15-22(28)27-11-4-3-5-12-27/h6-10,13-14,16H,3-5,11-12,15H2,1-2H3,(H,25,29). The Morgan fingerprint density at radius 3 is 2.69 bits per heavy atom. The first-order chi connectivity index (χ1) is 15.4. The van der Waals surface area contributed by atoms with Crippen molar-refractivity contribution in [2.45, 2.75) is 32.3 Å². The Kier molecular flexibility index (Phi) is 6.30. The number of fused-ring (bicyclic) bond motifs is 1. The first kappa shape index (κ1) is 21.7. The van der Waals surface area contributed by atoms with Crippen molar-refractivity contribution in [1.82, 2.24) is 4.90 Å². The van der Waals surface area contributed by atoms with E-state index in [9.17, 15) is 14.4 Å². The number of ether oxygens (including phenoxy) is 2. The number of likely N-dealkylation sites (N-methyl/N-ethyl adjacent to an activating group) is 1. The van der Waals surface area contributed by atoms with Crippen molar-refractivity contribution in [3.63, 3.8) is 0 Å². The Hall–Kier alpha value is -3.55. The molecular formula is C24H27N3O5. The molecule has 4 rings (SSSR count). The quantitative estimate of drug-likeness (QED) is 0.777. The van der Waals surface area contributed by atoms with Crippen LogP contribution < -0.4 is 19.7 Å². The minimum absolute atomic E-state index is 0.0381. The van der Waals surface area contributed by atoms with Crippen LogP contribution in [-0.4, -0.2) is 55.5 Å². The van der Waals surface area contributed by atoms with Crippen molar-refractivity contribution < 1.29 is 23.9 Å². The summed E-state index contributed by atoms with van der Waals surface area (Å²) in [7, 11) is 1.68. The van der Waals surface area contributed by atoms with Gasteiger partial charge in [-0.15, -0.1) is 0 Å². The van der Waals surface area contributed by atoms with Crippen LogP contribution in [0.25, 0.3) is 0 Å². The number of carbonyl (C=O) groups is 3. The Balaban J connectivity index is 1.40. The molecule has 0 saturated carbocycles. The third kappa shape index (κ3) is 4.69. The fourth-order valence-corrected chi connectivity index (χ4v) is 3.90. The molecule has 168 valence electrons. The lowest BCUT2D eigenvalue weighted by molar-refractivity contribution is -0.134. The number of nitrogens with zero attached hydrogens (tertiary/aromatic N) is 2. The van der Waals surface area contributed by atoms with Crippen LogP contribution in [-0.2, 0) is 9.59 Å². The van der Waals surface area contributed by atoms with Crippen LogP contribution in [0.2, 0.25) is 0 Å². The van der Waals surface area contributed by atoms with E-state index in [1.807, 2.05) is 4.90 Å². The molecule has 1 N–H and O–H groups in total. The van der Waals surface area contributed by atoms with Crippen LogP contribution in [0.1, 0.15) is 36.5 Å². The third-order valence-corrected chi connectivity index (χ3v) is 5.73. The van der Waals surface area contributed by atoms with E-state index in [2.05, 4.69) is 5.32 Å². The van der Waals surface area contributed by atoms with Gasteiger partial charge in [0.1, 0.15) is 11.5 Å². The summed E-state index contributed by atoms with van der Waals surface area (Å²) in [6.45, 7) is 3.20. The number of carbonyl (C=O) groups excluding carboxylic acids is 3. The molecule has 3 amide bonds. The molecule has 32 heavy (non-hydrogen) atoms. The van der Waals surface area contributed by atoms with Crippen molar-refractivity contribution >= 4 is 29.1 Å². The lowest BCUT2D eigenvalue weighted by Crippen LogP contribution is -2.41. The van der Waals surface area contributed by atoms with Crippen LogP contribution in [0.4, 0.5) is 11.4 Å². The van der Waals surface area contributed by atoms with E-state index in [0.717, 1.165) is 32.4 Å². The molecule has 1 saturated heterocycles. The lowest BCUT2D eigenvalue weighted by atomic mass is 10.1. The van der Waals surface area contributed by atoms with Crippen molar-refractivity contribution in [2.75, 3.05) is 37.0 Å². The van der Waals surface area contributed by atoms with E-state index in [4.69, 9.17) is 9.47 Å². The van der Waals surface area contributed by atoms with Gasteiger partial charge in [0, 0.05) is 31.4 Å². The maximum atomic E-state index is 12.8. The molecule has 0 bridgehead atoms. The number of hydrogen-bond acceptors (Lipinski definition) is 5. The van der Waals surface area contributed by atoms with Crippen LogP contribution >= 0.6 is 0 Å². The minimum atomic E-state index is -0.544. The molecule has 0 aromatic heterocycles. The summed E-state index contributed by atoms with van der Waals surface area (Å²) in [6.07, 6.45) is 2.67. The van der Waals surface area contributed by atoms with E-state index in [-0.39, 0.29) is 24.3 Å². The van der Waals surface area contributed by atoms with Crippen molar-refractivity contribution in [3.05, 3.63) is 48.0 Å². The number of amides is 3. The van der Waals surface area contributed by atoms with E-state index in [0.29, 0.717) is 28.4 Å². The number of rotatable bonds is 5. The zero-order valence-corrected chi connectivity index (χ0v) is 18.3. The molecule has 1 atom stereocenters.